The molecule has 0 aliphatic heterocycles. The molecule has 0 bridgehead atoms. The highest BCUT2D eigenvalue weighted by molar-refractivity contribution is 6.22. The third-order valence-corrected chi connectivity index (χ3v) is 10.2. The lowest BCUT2D eigenvalue weighted by Crippen LogP contribution is -1.87. The van der Waals surface area contributed by atoms with E-state index in [0.29, 0.717) is 0 Å². The van der Waals surface area contributed by atoms with Crippen LogP contribution < -0.4 is 0 Å². The van der Waals surface area contributed by atoms with Gasteiger partial charge in [-0.15, -0.1) is 0 Å². The van der Waals surface area contributed by atoms with Gasteiger partial charge < -0.3 is 8.83 Å². The largest absolute Gasteiger partial charge is 0.456 e. The zero-order valence-corrected chi connectivity index (χ0v) is 25.8. The number of furan rings is 2. The quantitative estimate of drug-likeness (QED) is 0.144. The summed E-state index contributed by atoms with van der Waals surface area (Å²) in [5.74, 6) is 0. The minimum absolute atomic E-state index is 0.878. The van der Waals surface area contributed by atoms with Crippen molar-refractivity contribution in [1.29, 1.82) is 0 Å². The highest BCUT2D eigenvalue weighted by Crippen LogP contribution is 2.43. The lowest BCUT2D eigenvalue weighted by atomic mass is 9.89. The maximum absolute atomic E-state index is 6.69. The monoisotopic (exact) mass is 610 g/mol. The van der Waals surface area contributed by atoms with Crippen LogP contribution in [0.4, 0.5) is 0 Å². The van der Waals surface area contributed by atoms with E-state index in [1.807, 2.05) is 0 Å². The van der Waals surface area contributed by atoms with Crippen LogP contribution in [0, 0.1) is 0 Å². The number of hydrogen-bond acceptors (Lipinski definition) is 2. The maximum Gasteiger partial charge on any atom is 0.143 e. The van der Waals surface area contributed by atoms with Crippen molar-refractivity contribution in [3.8, 4) is 22.3 Å². The minimum Gasteiger partial charge on any atom is -0.456 e. The van der Waals surface area contributed by atoms with Gasteiger partial charge in [-0.1, -0.05) is 115 Å². The predicted octanol–water partition coefficient (Wildman–Crippen LogP) is 13.4. The van der Waals surface area contributed by atoms with Gasteiger partial charge in [-0.2, -0.15) is 0 Å². The van der Waals surface area contributed by atoms with Gasteiger partial charge >= 0.3 is 0 Å². The maximum atomic E-state index is 6.69. The second-order valence-corrected chi connectivity index (χ2v) is 12.8. The Morgan fingerprint density at radius 1 is 0.312 bits per heavy atom. The van der Waals surface area contributed by atoms with E-state index in [1.54, 1.807) is 0 Å². The summed E-state index contributed by atoms with van der Waals surface area (Å²) in [7, 11) is 0. The van der Waals surface area contributed by atoms with E-state index in [9.17, 15) is 0 Å². The van der Waals surface area contributed by atoms with Gasteiger partial charge in [0.05, 0.1) is 0 Å². The Balaban J connectivity index is 1.11. The summed E-state index contributed by atoms with van der Waals surface area (Å²) < 4.78 is 13.2. The molecule has 222 valence electrons. The van der Waals surface area contributed by atoms with E-state index in [-0.39, 0.29) is 0 Å². The fourth-order valence-corrected chi connectivity index (χ4v) is 8.03. The van der Waals surface area contributed by atoms with Crippen molar-refractivity contribution in [3.63, 3.8) is 0 Å². The normalized spacial score (nSPS) is 12.2. The Hall–Kier alpha value is -6.38. The van der Waals surface area contributed by atoms with Crippen molar-refractivity contribution in [2.75, 3.05) is 0 Å². The molecule has 0 aliphatic carbocycles. The zero-order valence-electron chi connectivity index (χ0n) is 25.8. The second-order valence-electron chi connectivity index (χ2n) is 12.8. The van der Waals surface area contributed by atoms with Crippen molar-refractivity contribution >= 4 is 87.0 Å². The molecule has 2 heterocycles. The van der Waals surface area contributed by atoms with Gasteiger partial charge in [0.25, 0.3) is 0 Å². The molecule has 0 saturated heterocycles. The van der Waals surface area contributed by atoms with Gasteiger partial charge in [-0.25, -0.2) is 0 Å². The van der Waals surface area contributed by atoms with Crippen molar-refractivity contribution in [2.45, 2.75) is 0 Å². The average Bonchev–Trinajstić information content (AvgIpc) is 3.71. The van der Waals surface area contributed by atoms with Crippen molar-refractivity contribution in [1.82, 2.24) is 0 Å². The smallest absolute Gasteiger partial charge is 0.143 e. The van der Waals surface area contributed by atoms with Gasteiger partial charge in [0.1, 0.15) is 22.3 Å². The highest BCUT2D eigenvalue weighted by Gasteiger charge is 2.18. The lowest BCUT2D eigenvalue weighted by Gasteiger charge is -2.14. The molecule has 11 aromatic rings. The fraction of sp³-hybridized carbons (Fsp3) is 0. The van der Waals surface area contributed by atoms with Gasteiger partial charge in [0.2, 0.25) is 0 Å². The van der Waals surface area contributed by atoms with Crippen LogP contribution in [0.3, 0.4) is 0 Å². The molecule has 2 nitrogen and oxygen atoms in total. The molecule has 9 aromatic carbocycles. The summed E-state index contributed by atoms with van der Waals surface area (Å²) in [6.07, 6.45) is 0. The number of rotatable bonds is 2. The molecule has 2 aromatic heterocycles. The standard InChI is InChI=1S/C46H26O2/c1-4-11-32-27(8-1)16-22-38-40(32)24-29-10-3-5-12-33(29)44(38)31-19-21-37-36-20-18-30(25-42(36)47-43(37)26-31)34-14-7-15-41-45(34)39-23-17-28-9-2-6-13-35(28)46(39)48-41/h1-26H. The summed E-state index contributed by atoms with van der Waals surface area (Å²) in [5.41, 5.74) is 8.23. The SMILES string of the molecule is c1ccc2c(-c3ccc4c(c3)oc3cc(-c5cccc6oc7c8ccccc8ccc7c56)ccc34)c3ccc4ccccc4c3cc2c1. The van der Waals surface area contributed by atoms with Crippen LogP contribution in [0.2, 0.25) is 0 Å². The van der Waals surface area contributed by atoms with Gasteiger partial charge in [0, 0.05) is 26.9 Å². The van der Waals surface area contributed by atoms with E-state index >= 15 is 0 Å². The van der Waals surface area contributed by atoms with Crippen LogP contribution in [0.25, 0.3) is 109 Å². The van der Waals surface area contributed by atoms with E-state index in [1.165, 1.54) is 43.3 Å². The molecule has 0 unspecified atom stereocenters. The molecule has 0 spiro atoms. The molecule has 0 aliphatic rings. The first-order valence-electron chi connectivity index (χ1n) is 16.4. The third-order valence-electron chi connectivity index (χ3n) is 10.2. The molecular formula is C46H26O2. The molecule has 0 fully saturated rings. The van der Waals surface area contributed by atoms with E-state index < -0.39 is 0 Å². The molecule has 0 N–H and O–H groups in total. The molecule has 0 radical (unpaired) electrons. The summed E-state index contributed by atoms with van der Waals surface area (Å²) >= 11 is 0. The summed E-state index contributed by atoms with van der Waals surface area (Å²) in [6, 6.07) is 56.6. The van der Waals surface area contributed by atoms with E-state index in [4.69, 9.17) is 8.83 Å². The molecule has 48 heavy (non-hydrogen) atoms. The Morgan fingerprint density at radius 3 is 1.75 bits per heavy atom. The number of hydrogen-bond donors (Lipinski definition) is 0. The summed E-state index contributed by atoms with van der Waals surface area (Å²) in [6.45, 7) is 0. The van der Waals surface area contributed by atoms with Crippen LogP contribution >= 0.6 is 0 Å². The van der Waals surface area contributed by atoms with Crippen LogP contribution in [0.1, 0.15) is 0 Å². The lowest BCUT2D eigenvalue weighted by molar-refractivity contribution is 0.669. The van der Waals surface area contributed by atoms with E-state index in [2.05, 4.69) is 158 Å². The molecule has 0 amide bonds. The first kappa shape index (κ1) is 25.8. The van der Waals surface area contributed by atoms with Crippen LogP contribution in [-0.2, 0) is 0 Å². The Labute approximate surface area is 275 Å². The highest BCUT2D eigenvalue weighted by atomic mass is 16.3. The van der Waals surface area contributed by atoms with Crippen molar-refractivity contribution in [3.05, 3.63) is 158 Å². The average molecular weight is 611 g/mol. The van der Waals surface area contributed by atoms with Crippen LogP contribution in [0.15, 0.2) is 167 Å². The van der Waals surface area contributed by atoms with Crippen LogP contribution in [0.5, 0.6) is 0 Å². The van der Waals surface area contributed by atoms with Gasteiger partial charge in [-0.3, -0.25) is 0 Å². The molecule has 11 rings (SSSR count). The van der Waals surface area contributed by atoms with E-state index in [0.717, 1.165) is 66.0 Å². The van der Waals surface area contributed by atoms with Crippen molar-refractivity contribution < 1.29 is 8.83 Å². The second kappa shape index (κ2) is 9.57. The van der Waals surface area contributed by atoms with Crippen LogP contribution in [-0.4, -0.2) is 0 Å². The molecule has 0 atom stereocenters. The topological polar surface area (TPSA) is 26.3 Å². The Kier molecular flexibility index (Phi) is 5.14. The molecule has 2 heteroatoms. The summed E-state index contributed by atoms with van der Waals surface area (Å²) in [4.78, 5) is 0. The first-order valence-corrected chi connectivity index (χ1v) is 16.4. The Bertz CT molecular complexity index is 3120. The number of fused-ring (bicyclic) bond motifs is 12. The third kappa shape index (κ3) is 3.57. The fourth-order valence-electron chi connectivity index (χ4n) is 8.03. The molecule has 0 saturated carbocycles. The minimum atomic E-state index is 0.878. The number of benzene rings is 9. The van der Waals surface area contributed by atoms with Crippen molar-refractivity contribution in [2.24, 2.45) is 0 Å². The predicted molar refractivity (Wildman–Crippen MR) is 202 cm³/mol. The summed E-state index contributed by atoms with van der Waals surface area (Å²) in [5, 5.41) is 14.3. The molecular weight excluding hydrogens is 585 g/mol. The Morgan fingerprint density at radius 2 is 0.938 bits per heavy atom. The first-order chi connectivity index (χ1) is 23.8. The zero-order chi connectivity index (χ0) is 31.3. The van der Waals surface area contributed by atoms with Gasteiger partial charge in [0.15, 0.2) is 0 Å². The van der Waals surface area contributed by atoms with Gasteiger partial charge in [-0.05, 0) is 102 Å².